The molecule has 6 nitrogen and oxygen atoms in total. The number of rotatable bonds is 2. The van der Waals surface area contributed by atoms with Crippen molar-refractivity contribution in [2.24, 2.45) is 0 Å². The van der Waals surface area contributed by atoms with Gasteiger partial charge < -0.3 is 4.90 Å². The molecular formula is C18H29N3O3. The molecule has 1 atom stereocenters. The second-order valence-electron chi connectivity index (χ2n) is 5.51. The molecule has 1 aliphatic heterocycles. The second-order valence-corrected chi connectivity index (χ2v) is 5.51. The van der Waals surface area contributed by atoms with Gasteiger partial charge in [-0.05, 0) is 18.7 Å². The Labute approximate surface area is 144 Å². The van der Waals surface area contributed by atoms with Crippen LogP contribution in [0, 0.1) is 10.1 Å². The summed E-state index contributed by atoms with van der Waals surface area (Å²) in [6.45, 7) is 11.9. The van der Waals surface area contributed by atoms with E-state index in [1.165, 1.54) is 12.1 Å². The Balaban J connectivity index is 0.000000671. The van der Waals surface area contributed by atoms with E-state index in [1.54, 1.807) is 6.07 Å². The van der Waals surface area contributed by atoms with Crippen molar-refractivity contribution in [1.82, 2.24) is 9.80 Å². The Morgan fingerprint density at radius 1 is 1.08 bits per heavy atom. The minimum atomic E-state index is -0.448. The van der Waals surface area contributed by atoms with Gasteiger partial charge in [0.05, 0.1) is 4.92 Å². The molecule has 1 unspecified atom stereocenters. The fraction of sp³-hybridized carbons (Fsp3) is 0.611. The highest BCUT2D eigenvalue weighted by atomic mass is 16.6. The molecule has 24 heavy (non-hydrogen) atoms. The zero-order valence-corrected chi connectivity index (χ0v) is 15.4. The summed E-state index contributed by atoms with van der Waals surface area (Å²) in [6, 6.07) is 4.77. The molecule has 0 N–H and O–H groups in total. The molecule has 0 aromatic heterocycles. The molecule has 1 fully saturated rings. The predicted octanol–water partition coefficient (Wildman–Crippen LogP) is 3.52. The Morgan fingerprint density at radius 2 is 1.67 bits per heavy atom. The summed E-state index contributed by atoms with van der Waals surface area (Å²) in [5.41, 5.74) is 1.48. The van der Waals surface area contributed by atoms with Crippen molar-refractivity contribution < 1.29 is 9.72 Å². The monoisotopic (exact) mass is 335 g/mol. The number of benzene rings is 1. The van der Waals surface area contributed by atoms with Crippen molar-refractivity contribution in [2.45, 2.75) is 40.2 Å². The van der Waals surface area contributed by atoms with E-state index in [0.717, 1.165) is 31.7 Å². The topological polar surface area (TPSA) is 66.7 Å². The van der Waals surface area contributed by atoms with Crippen LogP contribution in [-0.2, 0) is 0 Å². The molecule has 0 amide bonds. The number of likely N-dealkylation sites (N-methyl/N-ethyl adjacent to an activating group) is 1. The van der Waals surface area contributed by atoms with Crippen molar-refractivity contribution >= 4 is 11.5 Å². The van der Waals surface area contributed by atoms with Crippen molar-refractivity contribution in [3.8, 4) is 0 Å². The lowest BCUT2D eigenvalue weighted by atomic mass is 10.1. The highest BCUT2D eigenvalue weighted by Crippen LogP contribution is 2.37. The van der Waals surface area contributed by atoms with Crippen LogP contribution in [0.2, 0.25) is 0 Å². The normalized spacial score (nSPS) is 20.4. The number of fused-ring (bicyclic) bond motifs is 1. The summed E-state index contributed by atoms with van der Waals surface area (Å²) in [4.78, 5) is 27.0. The number of nitro groups is 1. The van der Waals surface area contributed by atoms with Crippen molar-refractivity contribution in [3.63, 3.8) is 0 Å². The zero-order chi connectivity index (χ0) is 18.3. The van der Waals surface area contributed by atoms with E-state index in [2.05, 4.69) is 16.8 Å². The first kappa shape index (κ1) is 20.3. The summed E-state index contributed by atoms with van der Waals surface area (Å²) >= 11 is 0. The van der Waals surface area contributed by atoms with Crippen LogP contribution in [0.25, 0.3) is 0 Å². The third-order valence-corrected chi connectivity index (χ3v) is 4.26. The SMILES string of the molecule is CC.CC.CN1CCN(C2CC(=O)c3cc([N+](=O)[O-])ccc32)CC1. The summed E-state index contributed by atoms with van der Waals surface area (Å²) in [7, 11) is 2.09. The molecule has 1 aromatic carbocycles. The number of carbonyl (C=O) groups is 1. The number of nitrogens with zero attached hydrogens (tertiary/aromatic N) is 3. The molecule has 134 valence electrons. The number of non-ortho nitro benzene ring substituents is 1. The lowest BCUT2D eigenvalue weighted by Gasteiger charge is -2.36. The van der Waals surface area contributed by atoms with Gasteiger partial charge in [-0.15, -0.1) is 0 Å². The average Bonchev–Trinajstić information content (AvgIpc) is 2.95. The molecule has 3 rings (SSSR count). The van der Waals surface area contributed by atoms with Crippen LogP contribution >= 0.6 is 0 Å². The Kier molecular flexibility index (Phi) is 8.01. The Morgan fingerprint density at radius 3 is 2.21 bits per heavy atom. The summed E-state index contributed by atoms with van der Waals surface area (Å²) in [5, 5.41) is 10.8. The van der Waals surface area contributed by atoms with Gasteiger partial charge in [-0.25, -0.2) is 0 Å². The van der Waals surface area contributed by atoms with Gasteiger partial charge in [-0.2, -0.15) is 0 Å². The van der Waals surface area contributed by atoms with Crippen LogP contribution < -0.4 is 0 Å². The lowest BCUT2D eigenvalue weighted by molar-refractivity contribution is -0.384. The van der Waals surface area contributed by atoms with E-state index < -0.39 is 4.92 Å². The van der Waals surface area contributed by atoms with Gasteiger partial charge in [0.15, 0.2) is 5.78 Å². The highest BCUT2D eigenvalue weighted by molar-refractivity contribution is 6.01. The van der Waals surface area contributed by atoms with Crippen molar-refractivity contribution in [1.29, 1.82) is 0 Å². The number of hydrogen-bond acceptors (Lipinski definition) is 5. The Hall–Kier alpha value is -1.79. The average molecular weight is 335 g/mol. The van der Waals surface area contributed by atoms with Crippen molar-refractivity contribution in [3.05, 3.63) is 39.4 Å². The third-order valence-electron chi connectivity index (χ3n) is 4.26. The standard InChI is InChI=1S/C14H17N3O3.2C2H6/c1-15-4-6-16(7-5-15)13-9-14(18)12-8-10(17(19)20)2-3-11(12)13;2*1-2/h2-3,8,13H,4-7,9H2,1H3;2*1-2H3. The lowest BCUT2D eigenvalue weighted by Crippen LogP contribution is -2.45. The predicted molar refractivity (Wildman–Crippen MR) is 96.6 cm³/mol. The molecule has 0 saturated carbocycles. The van der Waals surface area contributed by atoms with Crippen LogP contribution in [0.15, 0.2) is 18.2 Å². The van der Waals surface area contributed by atoms with E-state index in [9.17, 15) is 14.9 Å². The largest absolute Gasteiger partial charge is 0.304 e. The van der Waals surface area contributed by atoms with Gasteiger partial charge in [0, 0.05) is 56.3 Å². The number of ketones is 1. The first-order valence-corrected chi connectivity index (χ1v) is 8.80. The zero-order valence-electron chi connectivity index (χ0n) is 15.4. The quantitative estimate of drug-likeness (QED) is 0.611. The van der Waals surface area contributed by atoms with Gasteiger partial charge in [0.2, 0.25) is 0 Å². The number of Topliss-reactive ketones (excluding diaryl/α,β-unsaturated/α-hetero) is 1. The van der Waals surface area contributed by atoms with E-state index in [1.807, 2.05) is 27.7 Å². The van der Waals surface area contributed by atoms with Crippen LogP contribution in [-0.4, -0.2) is 53.7 Å². The minimum absolute atomic E-state index is 0.00359. The first-order valence-electron chi connectivity index (χ1n) is 8.80. The molecule has 0 radical (unpaired) electrons. The second kappa shape index (κ2) is 9.49. The van der Waals surface area contributed by atoms with Gasteiger partial charge in [-0.1, -0.05) is 27.7 Å². The van der Waals surface area contributed by atoms with E-state index in [4.69, 9.17) is 0 Å². The molecule has 1 aliphatic carbocycles. The fourth-order valence-electron chi connectivity index (χ4n) is 3.04. The highest BCUT2D eigenvalue weighted by Gasteiger charge is 2.35. The molecule has 6 heteroatoms. The van der Waals surface area contributed by atoms with Gasteiger partial charge >= 0.3 is 0 Å². The maximum Gasteiger partial charge on any atom is 0.270 e. The van der Waals surface area contributed by atoms with Crippen LogP contribution in [0.1, 0.15) is 56.1 Å². The van der Waals surface area contributed by atoms with E-state index >= 15 is 0 Å². The third kappa shape index (κ3) is 4.39. The first-order chi connectivity index (χ1) is 11.6. The van der Waals surface area contributed by atoms with E-state index in [0.29, 0.717) is 12.0 Å². The Bertz CT molecular complexity index is 567. The van der Waals surface area contributed by atoms with Gasteiger partial charge in [-0.3, -0.25) is 19.8 Å². The van der Waals surface area contributed by atoms with Gasteiger partial charge in [0.25, 0.3) is 5.69 Å². The summed E-state index contributed by atoms with van der Waals surface area (Å²) < 4.78 is 0. The number of carbonyl (C=O) groups excluding carboxylic acids is 1. The minimum Gasteiger partial charge on any atom is -0.304 e. The number of piperazine rings is 1. The van der Waals surface area contributed by atoms with E-state index in [-0.39, 0.29) is 17.5 Å². The molecule has 1 heterocycles. The van der Waals surface area contributed by atoms with Crippen LogP contribution in [0.4, 0.5) is 5.69 Å². The number of hydrogen-bond donors (Lipinski definition) is 0. The maximum absolute atomic E-state index is 12.1. The summed E-state index contributed by atoms with van der Waals surface area (Å²) in [5.74, 6) is 0.0210. The van der Waals surface area contributed by atoms with Crippen LogP contribution in [0.5, 0.6) is 0 Å². The van der Waals surface area contributed by atoms with Gasteiger partial charge in [0.1, 0.15) is 0 Å². The molecule has 1 aromatic rings. The van der Waals surface area contributed by atoms with Crippen LogP contribution in [0.3, 0.4) is 0 Å². The molecule has 0 spiro atoms. The molecule has 0 bridgehead atoms. The summed E-state index contributed by atoms with van der Waals surface area (Å²) in [6.07, 6.45) is 0.445. The molecular weight excluding hydrogens is 306 g/mol. The maximum atomic E-state index is 12.1. The molecule has 1 saturated heterocycles. The fourth-order valence-corrected chi connectivity index (χ4v) is 3.04. The smallest absolute Gasteiger partial charge is 0.270 e. The van der Waals surface area contributed by atoms with Crippen molar-refractivity contribution in [2.75, 3.05) is 33.2 Å². The number of nitro benzene ring substituents is 1. The molecule has 2 aliphatic rings.